The van der Waals surface area contributed by atoms with E-state index in [9.17, 15) is 14.4 Å². The van der Waals surface area contributed by atoms with E-state index in [1.807, 2.05) is 0 Å². The van der Waals surface area contributed by atoms with Crippen LogP contribution in [0, 0.1) is 0 Å². The lowest BCUT2D eigenvalue weighted by molar-refractivity contribution is -0.142. The Balaban J connectivity index is 2.53. The van der Waals surface area contributed by atoms with Crippen molar-refractivity contribution in [1.82, 2.24) is 14.9 Å². The fourth-order valence-corrected chi connectivity index (χ4v) is 1.66. The number of carbonyl (C=O) groups excluding carboxylic acids is 3. The lowest BCUT2D eigenvalue weighted by atomic mass is 10.4. The van der Waals surface area contributed by atoms with Gasteiger partial charge in [-0.15, -0.1) is 0 Å². The van der Waals surface area contributed by atoms with Gasteiger partial charge in [-0.3, -0.25) is 14.4 Å². The lowest BCUT2D eigenvalue weighted by Crippen LogP contribution is -2.28. The number of nitrogens with two attached hydrogens (primary N) is 1. The summed E-state index contributed by atoms with van der Waals surface area (Å²) in [5.74, 6) is -0.679. The third-order valence-electron chi connectivity index (χ3n) is 2.64. The Labute approximate surface area is 128 Å². The number of ether oxygens (including phenoxy) is 1. The summed E-state index contributed by atoms with van der Waals surface area (Å²) in [5, 5.41) is 5.11. The number of esters is 1. The van der Waals surface area contributed by atoms with Crippen LogP contribution in [0.25, 0.3) is 0 Å². The quantitative estimate of drug-likeness (QED) is 0.549. The molecule has 1 rings (SSSR count). The molecule has 0 saturated heterocycles. The van der Waals surface area contributed by atoms with Gasteiger partial charge in [-0.05, 0) is 6.92 Å². The zero-order chi connectivity index (χ0) is 16.5. The largest absolute Gasteiger partial charge is 0.466 e. The summed E-state index contributed by atoms with van der Waals surface area (Å²) < 4.78 is 6.24. The molecular weight excluding hydrogens is 290 g/mol. The highest BCUT2D eigenvalue weighted by Crippen LogP contribution is 2.07. The average Bonchev–Trinajstić information content (AvgIpc) is 2.80. The molecule has 0 aliphatic rings. The zero-order valence-electron chi connectivity index (χ0n) is 12.7. The molecule has 2 amide bonds. The number of hydrogen-bond donors (Lipinski definition) is 3. The van der Waals surface area contributed by atoms with Gasteiger partial charge >= 0.3 is 5.97 Å². The predicted molar refractivity (Wildman–Crippen MR) is 79.1 cm³/mol. The van der Waals surface area contributed by atoms with Crippen molar-refractivity contribution in [1.29, 1.82) is 0 Å². The van der Waals surface area contributed by atoms with Gasteiger partial charge in [0.2, 0.25) is 11.7 Å². The van der Waals surface area contributed by atoms with E-state index in [2.05, 4.69) is 15.6 Å². The molecule has 22 heavy (non-hydrogen) atoms. The normalized spacial score (nSPS) is 10.1. The van der Waals surface area contributed by atoms with Crippen LogP contribution in [0.15, 0.2) is 6.20 Å². The summed E-state index contributed by atoms with van der Waals surface area (Å²) in [6, 6.07) is 0. The molecule has 0 bridgehead atoms. The summed E-state index contributed by atoms with van der Waals surface area (Å²) in [6.07, 6.45) is 1.79. The number of nitrogens with zero attached hydrogens (tertiary/aromatic N) is 2. The Morgan fingerprint density at radius 3 is 2.73 bits per heavy atom. The molecule has 1 heterocycles. The van der Waals surface area contributed by atoms with Crippen LogP contribution in [0.5, 0.6) is 0 Å². The number of amides is 2. The van der Waals surface area contributed by atoms with Crippen molar-refractivity contribution in [3.05, 3.63) is 12.0 Å². The van der Waals surface area contributed by atoms with Crippen LogP contribution in [-0.4, -0.2) is 47.0 Å². The van der Waals surface area contributed by atoms with E-state index in [1.165, 1.54) is 10.8 Å². The number of hydrogen-bond acceptors (Lipinski definition) is 6. The summed E-state index contributed by atoms with van der Waals surface area (Å²) in [4.78, 5) is 38.6. The molecule has 0 atom stereocenters. The number of aromatic nitrogens is 2. The topological polar surface area (TPSA) is 128 Å². The van der Waals surface area contributed by atoms with Gasteiger partial charge in [0.1, 0.15) is 0 Å². The second kappa shape index (κ2) is 8.78. The highest BCUT2D eigenvalue weighted by atomic mass is 16.5. The maximum absolute atomic E-state index is 12.0. The molecule has 4 N–H and O–H groups in total. The molecule has 0 saturated carbocycles. The summed E-state index contributed by atoms with van der Waals surface area (Å²) >= 11 is 0. The van der Waals surface area contributed by atoms with Crippen molar-refractivity contribution in [3.8, 4) is 0 Å². The Morgan fingerprint density at radius 2 is 2.09 bits per heavy atom. The third-order valence-corrected chi connectivity index (χ3v) is 2.64. The van der Waals surface area contributed by atoms with Crippen molar-refractivity contribution in [2.75, 3.05) is 25.0 Å². The molecule has 9 heteroatoms. The summed E-state index contributed by atoms with van der Waals surface area (Å²) in [6.45, 7) is 2.40. The maximum Gasteiger partial charge on any atom is 0.307 e. The van der Waals surface area contributed by atoms with Gasteiger partial charge in [0.15, 0.2) is 5.82 Å². The highest BCUT2D eigenvalue weighted by molar-refractivity contribution is 5.93. The van der Waals surface area contributed by atoms with Crippen molar-refractivity contribution in [2.45, 2.75) is 19.8 Å². The number of imidazole rings is 1. The van der Waals surface area contributed by atoms with Crippen molar-refractivity contribution in [2.24, 2.45) is 12.8 Å². The third kappa shape index (κ3) is 5.52. The standard InChI is InChI=1S/C13H21N5O4/c1-3-22-11(20)5-7-15-13(21)12-17-9(8-18(12)2)16-10(19)4-6-14/h8H,3-7,14H2,1-2H3,(H,15,21)(H,16,19). The van der Waals surface area contributed by atoms with Gasteiger partial charge in [-0.2, -0.15) is 0 Å². The van der Waals surface area contributed by atoms with Crippen LogP contribution >= 0.6 is 0 Å². The molecule has 0 unspecified atom stereocenters. The van der Waals surface area contributed by atoms with E-state index >= 15 is 0 Å². The number of nitrogens with one attached hydrogen (secondary N) is 2. The number of carbonyl (C=O) groups is 3. The Bertz CT molecular complexity index is 541. The molecule has 0 fully saturated rings. The van der Waals surface area contributed by atoms with Gasteiger partial charge in [0.05, 0.1) is 13.0 Å². The molecule has 9 nitrogen and oxygen atoms in total. The predicted octanol–water partition coefficient (Wildman–Crippen LogP) is -0.610. The minimum absolute atomic E-state index is 0.0874. The van der Waals surface area contributed by atoms with Crippen LogP contribution in [-0.2, 0) is 21.4 Å². The number of anilines is 1. The first-order valence-electron chi connectivity index (χ1n) is 6.95. The Kier molecular flexibility index (Phi) is 7.03. The Morgan fingerprint density at radius 1 is 1.36 bits per heavy atom. The van der Waals surface area contributed by atoms with Gasteiger partial charge in [0.25, 0.3) is 5.91 Å². The molecule has 0 radical (unpaired) electrons. The van der Waals surface area contributed by atoms with E-state index in [1.54, 1.807) is 14.0 Å². The van der Waals surface area contributed by atoms with E-state index < -0.39 is 5.91 Å². The van der Waals surface area contributed by atoms with Crippen LogP contribution < -0.4 is 16.4 Å². The first kappa shape index (κ1) is 17.6. The smallest absolute Gasteiger partial charge is 0.307 e. The molecular formula is C13H21N5O4. The lowest BCUT2D eigenvalue weighted by Gasteiger charge is -2.04. The Hall–Kier alpha value is -2.42. The van der Waals surface area contributed by atoms with Crippen LogP contribution in [0.1, 0.15) is 30.4 Å². The average molecular weight is 311 g/mol. The molecule has 1 aromatic heterocycles. The van der Waals surface area contributed by atoms with Gasteiger partial charge < -0.3 is 25.7 Å². The van der Waals surface area contributed by atoms with E-state index in [-0.39, 0.29) is 49.4 Å². The molecule has 122 valence electrons. The summed E-state index contributed by atoms with van der Waals surface area (Å²) in [5.41, 5.74) is 5.28. The molecule has 0 aromatic carbocycles. The number of rotatable bonds is 8. The fraction of sp³-hybridized carbons (Fsp3) is 0.538. The highest BCUT2D eigenvalue weighted by Gasteiger charge is 2.15. The van der Waals surface area contributed by atoms with Crippen LogP contribution in [0.2, 0.25) is 0 Å². The zero-order valence-corrected chi connectivity index (χ0v) is 12.7. The summed E-state index contributed by atoms with van der Waals surface area (Å²) in [7, 11) is 1.63. The number of aryl methyl sites for hydroxylation is 1. The van der Waals surface area contributed by atoms with Gasteiger partial charge in [0, 0.05) is 32.8 Å². The van der Waals surface area contributed by atoms with E-state index in [0.717, 1.165) is 0 Å². The monoisotopic (exact) mass is 311 g/mol. The van der Waals surface area contributed by atoms with Crippen molar-refractivity contribution < 1.29 is 19.1 Å². The fourth-order valence-electron chi connectivity index (χ4n) is 1.66. The molecule has 0 aliphatic heterocycles. The minimum atomic E-state index is -0.439. The second-order valence-electron chi connectivity index (χ2n) is 4.46. The van der Waals surface area contributed by atoms with E-state index in [4.69, 9.17) is 10.5 Å². The minimum Gasteiger partial charge on any atom is -0.466 e. The molecule has 1 aromatic rings. The van der Waals surface area contributed by atoms with Gasteiger partial charge in [-0.1, -0.05) is 0 Å². The second-order valence-corrected chi connectivity index (χ2v) is 4.46. The van der Waals surface area contributed by atoms with Crippen LogP contribution in [0.3, 0.4) is 0 Å². The van der Waals surface area contributed by atoms with E-state index in [0.29, 0.717) is 6.61 Å². The first-order chi connectivity index (χ1) is 10.5. The maximum atomic E-state index is 12.0. The molecule has 0 aliphatic carbocycles. The SMILES string of the molecule is CCOC(=O)CCNC(=O)c1nc(NC(=O)CCN)cn1C. The first-order valence-corrected chi connectivity index (χ1v) is 6.95. The van der Waals surface area contributed by atoms with Crippen molar-refractivity contribution in [3.63, 3.8) is 0 Å². The van der Waals surface area contributed by atoms with Gasteiger partial charge in [-0.25, -0.2) is 4.98 Å². The molecule has 0 spiro atoms. The van der Waals surface area contributed by atoms with Crippen molar-refractivity contribution >= 4 is 23.6 Å². The van der Waals surface area contributed by atoms with Crippen LogP contribution in [0.4, 0.5) is 5.82 Å².